The first-order valence-electron chi connectivity index (χ1n) is 5.76. The van der Waals surface area contributed by atoms with Crippen LogP contribution in [0.15, 0.2) is 36.4 Å². The molecule has 4 heteroatoms. The number of benzene rings is 2. The van der Waals surface area contributed by atoms with Crippen molar-refractivity contribution in [3.8, 4) is 28.4 Å². The molecule has 0 atom stereocenters. The Bertz CT molecular complexity index is 582. The number of hydrogen-bond acceptors (Lipinski definition) is 3. The Balaban J connectivity index is 2.68. The first-order chi connectivity index (χ1) is 9.22. The van der Waals surface area contributed by atoms with E-state index in [4.69, 9.17) is 14.2 Å². The minimum absolute atomic E-state index is 0.312. The molecule has 100 valence electrons. The maximum atomic E-state index is 13.9. The van der Waals surface area contributed by atoms with Crippen molar-refractivity contribution in [1.29, 1.82) is 0 Å². The molecule has 2 aromatic rings. The predicted molar refractivity (Wildman–Crippen MR) is 71.5 cm³/mol. The first kappa shape index (κ1) is 13.2. The molecule has 0 saturated heterocycles. The van der Waals surface area contributed by atoms with Gasteiger partial charge in [0.1, 0.15) is 5.82 Å². The highest BCUT2D eigenvalue weighted by molar-refractivity contribution is 5.76. The van der Waals surface area contributed by atoms with Gasteiger partial charge in [0.05, 0.1) is 21.3 Å². The van der Waals surface area contributed by atoms with E-state index in [1.165, 1.54) is 20.3 Å². The van der Waals surface area contributed by atoms with Gasteiger partial charge in [-0.3, -0.25) is 0 Å². The van der Waals surface area contributed by atoms with Crippen LogP contribution < -0.4 is 14.2 Å². The molecule has 0 heterocycles. The lowest BCUT2D eigenvalue weighted by Crippen LogP contribution is -1.97. The van der Waals surface area contributed by atoms with Gasteiger partial charge in [-0.15, -0.1) is 0 Å². The van der Waals surface area contributed by atoms with Crippen LogP contribution in [0.25, 0.3) is 11.1 Å². The number of rotatable bonds is 4. The zero-order valence-corrected chi connectivity index (χ0v) is 11.1. The topological polar surface area (TPSA) is 27.7 Å². The van der Waals surface area contributed by atoms with Gasteiger partial charge >= 0.3 is 0 Å². The van der Waals surface area contributed by atoms with Gasteiger partial charge in [0.2, 0.25) is 5.75 Å². The van der Waals surface area contributed by atoms with E-state index in [0.717, 1.165) is 0 Å². The minimum atomic E-state index is -0.312. The molecule has 0 aliphatic rings. The van der Waals surface area contributed by atoms with Crippen molar-refractivity contribution >= 4 is 0 Å². The van der Waals surface area contributed by atoms with Gasteiger partial charge in [0.15, 0.2) is 11.5 Å². The lowest BCUT2D eigenvalue weighted by Gasteiger charge is -2.16. The molecule has 0 spiro atoms. The van der Waals surface area contributed by atoms with Crippen molar-refractivity contribution in [2.75, 3.05) is 21.3 Å². The van der Waals surface area contributed by atoms with E-state index >= 15 is 0 Å². The highest BCUT2D eigenvalue weighted by Crippen LogP contribution is 2.44. The summed E-state index contributed by atoms with van der Waals surface area (Å²) in [6.07, 6.45) is 0. The molecule has 0 aliphatic carbocycles. The van der Waals surface area contributed by atoms with Crippen molar-refractivity contribution in [2.45, 2.75) is 0 Å². The summed E-state index contributed by atoms with van der Waals surface area (Å²) in [6.45, 7) is 0. The summed E-state index contributed by atoms with van der Waals surface area (Å²) in [4.78, 5) is 0. The van der Waals surface area contributed by atoms with E-state index in [1.807, 2.05) is 0 Å². The van der Waals surface area contributed by atoms with Gasteiger partial charge in [0.25, 0.3) is 0 Å². The van der Waals surface area contributed by atoms with Gasteiger partial charge in [-0.25, -0.2) is 4.39 Å². The molecule has 0 N–H and O–H groups in total. The van der Waals surface area contributed by atoms with Crippen molar-refractivity contribution in [1.82, 2.24) is 0 Å². The van der Waals surface area contributed by atoms with E-state index in [-0.39, 0.29) is 5.82 Å². The zero-order valence-electron chi connectivity index (χ0n) is 11.1. The molecule has 3 nitrogen and oxygen atoms in total. The lowest BCUT2D eigenvalue weighted by atomic mass is 10.0. The molecule has 0 aliphatic heterocycles. The van der Waals surface area contributed by atoms with Gasteiger partial charge in [-0.1, -0.05) is 18.2 Å². The third-order valence-electron chi connectivity index (χ3n) is 2.87. The second-order valence-electron chi connectivity index (χ2n) is 3.86. The Morgan fingerprint density at radius 1 is 0.737 bits per heavy atom. The number of hydrogen-bond donors (Lipinski definition) is 0. The van der Waals surface area contributed by atoms with E-state index in [2.05, 4.69) is 0 Å². The monoisotopic (exact) mass is 262 g/mol. The fourth-order valence-corrected chi connectivity index (χ4v) is 1.99. The standard InChI is InChI=1S/C15H15FO3/c1-17-13-9-8-11(14(18-2)15(13)19-3)10-6-4-5-7-12(10)16/h4-9H,1-3H3. The second kappa shape index (κ2) is 5.61. The van der Waals surface area contributed by atoms with Crippen molar-refractivity contribution in [3.63, 3.8) is 0 Å². The molecule has 19 heavy (non-hydrogen) atoms. The summed E-state index contributed by atoms with van der Waals surface area (Å²) in [5.41, 5.74) is 1.08. The van der Waals surface area contributed by atoms with E-state index < -0.39 is 0 Å². The summed E-state index contributed by atoms with van der Waals surface area (Å²) in [6, 6.07) is 9.99. The van der Waals surface area contributed by atoms with Gasteiger partial charge in [-0.2, -0.15) is 0 Å². The van der Waals surface area contributed by atoms with Crippen molar-refractivity contribution in [2.24, 2.45) is 0 Å². The number of methoxy groups -OCH3 is 3. The molecule has 0 bridgehead atoms. The zero-order chi connectivity index (χ0) is 13.8. The fourth-order valence-electron chi connectivity index (χ4n) is 1.99. The smallest absolute Gasteiger partial charge is 0.203 e. The molecule has 0 saturated carbocycles. The Labute approximate surface area is 111 Å². The Morgan fingerprint density at radius 3 is 2.00 bits per heavy atom. The van der Waals surface area contributed by atoms with Crippen molar-refractivity contribution < 1.29 is 18.6 Å². The summed E-state index contributed by atoms with van der Waals surface area (Å²) in [7, 11) is 4.58. The van der Waals surface area contributed by atoms with E-state index in [0.29, 0.717) is 28.4 Å². The largest absolute Gasteiger partial charge is 0.493 e. The van der Waals surface area contributed by atoms with Gasteiger partial charge in [-0.05, 0) is 18.2 Å². The van der Waals surface area contributed by atoms with Crippen LogP contribution >= 0.6 is 0 Å². The molecular formula is C15H15FO3. The van der Waals surface area contributed by atoms with Crippen LogP contribution in [0, 0.1) is 5.82 Å². The predicted octanol–water partition coefficient (Wildman–Crippen LogP) is 3.52. The normalized spacial score (nSPS) is 10.1. The maximum Gasteiger partial charge on any atom is 0.203 e. The van der Waals surface area contributed by atoms with Crippen LogP contribution in [0.1, 0.15) is 0 Å². The highest BCUT2D eigenvalue weighted by atomic mass is 19.1. The average Bonchev–Trinajstić information content (AvgIpc) is 2.46. The van der Waals surface area contributed by atoms with E-state index in [9.17, 15) is 4.39 Å². The summed E-state index contributed by atoms with van der Waals surface area (Å²) in [5.74, 6) is 1.13. The molecule has 0 fully saturated rings. The molecular weight excluding hydrogens is 247 g/mol. The fraction of sp³-hybridized carbons (Fsp3) is 0.200. The van der Waals surface area contributed by atoms with Crippen LogP contribution in [0.2, 0.25) is 0 Å². The van der Waals surface area contributed by atoms with E-state index in [1.54, 1.807) is 37.4 Å². The van der Waals surface area contributed by atoms with Crippen LogP contribution in [-0.4, -0.2) is 21.3 Å². The maximum absolute atomic E-state index is 13.9. The van der Waals surface area contributed by atoms with Crippen LogP contribution in [0.4, 0.5) is 4.39 Å². The number of ether oxygens (including phenoxy) is 3. The van der Waals surface area contributed by atoms with Crippen molar-refractivity contribution in [3.05, 3.63) is 42.2 Å². The molecule has 2 aromatic carbocycles. The second-order valence-corrected chi connectivity index (χ2v) is 3.86. The molecule has 2 rings (SSSR count). The summed E-state index contributed by atoms with van der Waals surface area (Å²) >= 11 is 0. The number of halogens is 1. The summed E-state index contributed by atoms with van der Waals surface area (Å²) < 4.78 is 29.7. The molecule has 0 aromatic heterocycles. The summed E-state index contributed by atoms with van der Waals surface area (Å²) in [5, 5.41) is 0. The first-order valence-corrected chi connectivity index (χ1v) is 5.76. The third-order valence-corrected chi connectivity index (χ3v) is 2.87. The highest BCUT2D eigenvalue weighted by Gasteiger charge is 2.18. The minimum Gasteiger partial charge on any atom is -0.493 e. The van der Waals surface area contributed by atoms with Gasteiger partial charge in [0, 0.05) is 11.1 Å². The lowest BCUT2D eigenvalue weighted by molar-refractivity contribution is 0.325. The Kier molecular flexibility index (Phi) is 3.90. The average molecular weight is 262 g/mol. The SMILES string of the molecule is COc1ccc(-c2ccccc2F)c(OC)c1OC. The van der Waals surface area contributed by atoms with Crippen LogP contribution in [0.3, 0.4) is 0 Å². The molecule has 0 radical (unpaired) electrons. The third kappa shape index (κ3) is 2.34. The van der Waals surface area contributed by atoms with Crippen LogP contribution in [-0.2, 0) is 0 Å². The Hall–Kier alpha value is -2.23. The Morgan fingerprint density at radius 2 is 1.42 bits per heavy atom. The molecule has 0 amide bonds. The molecule has 0 unspecified atom stereocenters. The quantitative estimate of drug-likeness (QED) is 0.843. The van der Waals surface area contributed by atoms with Crippen LogP contribution in [0.5, 0.6) is 17.2 Å². The van der Waals surface area contributed by atoms with Gasteiger partial charge < -0.3 is 14.2 Å².